The number of hydrogen-bond acceptors (Lipinski definition) is 5. The van der Waals surface area contributed by atoms with E-state index in [0.717, 1.165) is 46.7 Å². The van der Waals surface area contributed by atoms with Crippen LogP contribution in [0.3, 0.4) is 0 Å². The third-order valence-electron chi connectivity index (χ3n) is 4.82. The van der Waals surface area contributed by atoms with Crippen LogP contribution in [0, 0.1) is 6.92 Å². The van der Waals surface area contributed by atoms with E-state index in [1.54, 1.807) is 0 Å². The number of aryl methyl sites for hydroxylation is 1. The van der Waals surface area contributed by atoms with Gasteiger partial charge in [-0.2, -0.15) is 0 Å². The molecule has 3 aromatic rings. The number of carbonyl (C=O) groups is 2. The van der Waals surface area contributed by atoms with Gasteiger partial charge < -0.3 is 20.4 Å². The van der Waals surface area contributed by atoms with Crippen molar-refractivity contribution in [2.45, 2.75) is 25.8 Å². The Bertz CT molecular complexity index is 1010. The summed E-state index contributed by atoms with van der Waals surface area (Å²) in [5, 5.41) is 3.90. The Morgan fingerprint density at radius 1 is 1.30 bits per heavy atom. The molecule has 1 saturated heterocycles. The van der Waals surface area contributed by atoms with Gasteiger partial charge in [-0.25, -0.2) is 0 Å². The highest BCUT2D eigenvalue weighted by atomic mass is 32.1. The van der Waals surface area contributed by atoms with Gasteiger partial charge in [0.1, 0.15) is 11.3 Å². The minimum atomic E-state index is -0.152. The fourth-order valence-electron chi connectivity index (χ4n) is 3.58. The van der Waals surface area contributed by atoms with Crippen molar-refractivity contribution in [1.82, 2.24) is 4.90 Å². The van der Waals surface area contributed by atoms with E-state index in [-0.39, 0.29) is 24.4 Å². The maximum atomic E-state index is 12.6. The Morgan fingerprint density at radius 3 is 2.96 bits per heavy atom. The third-order valence-corrected chi connectivity index (χ3v) is 6.01. The molecular formula is C20H21N3O3S. The molecule has 1 aliphatic heterocycles. The highest BCUT2D eigenvalue weighted by Crippen LogP contribution is 2.36. The van der Waals surface area contributed by atoms with E-state index in [4.69, 9.17) is 10.2 Å². The topological polar surface area (TPSA) is 88.6 Å². The number of nitrogens with two attached hydrogens (primary N) is 1. The summed E-state index contributed by atoms with van der Waals surface area (Å²) in [4.78, 5) is 28.1. The largest absolute Gasteiger partial charge is 0.461 e. The summed E-state index contributed by atoms with van der Waals surface area (Å²) in [5.41, 5.74) is 7.04. The van der Waals surface area contributed by atoms with Crippen LogP contribution in [0.5, 0.6) is 0 Å². The van der Waals surface area contributed by atoms with Crippen molar-refractivity contribution in [3.05, 3.63) is 51.9 Å². The standard InChI is InChI=1S/C20H21N3O3S/c1-12-9-13-10-14(4-5-16(13)26-12)22-20(25)18-7-6-17(27-18)15-3-2-8-23(15)19(24)11-21/h4-7,9-10,15H,2-3,8,11,21H2,1H3,(H,22,25)/t15-/m1/s1. The summed E-state index contributed by atoms with van der Waals surface area (Å²) in [6.07, 6.45) is 1.86. The van der Waals surface area contributed by atoms with E-state index in [1.807, 2.05) is 48.2 Å². The van der Waals surface area contributed by atoms with E-state index in [2.05, 4.69) is 5.32 Å². The molecule has 3 heterocycles. The lowest BCUT2D eigenvalue weighted by Gasteiger charge is -2.23. The fourth-order valence-corrected chi connectivity index (χ4v) is 4.63. The van der Waals surface area contributed by atoms with Crippen LogP contribution in [0.25, 0.3) is 11.0 Å². The number of amides is 2. The number of nitrogens with one attached hydrogen (secondary N) is 1. The van der Waals surface area contributed by atoms with Crippen LogP contribution < -0.4 is 11.1 Å². The van der Waals surface area contributed by atoms with Crippen LogP contribution in [0.15, 0.2) is 40.8 Å². The number of anilines is 1. The zero-order valence-electron chi connectivity index (χ0n) is 15.0. The molecule has 27 heavy (non-hydrogen) atoms. The summed E-state index contributed by atoms with van der Waals surface area (Å²) < 4.78 is 5.56. The summed E-state index contributed by atoms with van der Waals surface area (Å²) in [7, 11) is 0. The van der Waals surface area contributed by atoms with Crippen LogP contribution in [0.1, 0.15) is 39.2 Å². The monoisotopic (exact) mass is 383 g/mol. The molecule has 3 N–H and O–H groups in total. The van der Waals surface area contributed by atoms with Crippen molar-refractivity contribution >= 4 is 39.8 Å². The molecule has 0 aliphatic carbocycles. The van der Waals surface area contributed by atoms with Crippen molar-refractivity contribution in [2.75, 3.05) is 18.4 Å². The predicted octanol–water partition coefficient (Wildman–Crippen LogP) is 3.68. The van der Waals surface area contributed by atoms with Crippen LogP contribution in [-0.2, 0) is 4.79 Å². The van der Waals surface area contributed by atoms with E-state index < -0.39 is 0 Å². The lowest BCUT2D eigenvalue weighted by Crippen LogP contribution is -2.35. The molecule has 1 aliphatic rings. The van der Waals surface area contributed by atoms with E-state index in [1.165, 1.54) is 11.3 Å². The highest BCUT2D eigenvalue weighted by Gasteiger charge is 2.30. The summed E-state index contributed by atoms with van der Waals surface area (Å²) in [6, 6.07) is 11.3. The van der Waals surface area contributed by atoms with Crippen molar-refractivity contribution in [2.24, 2.45) is 5.73 Å². The lowest BCUT2D eigenvalue weighted by atomic mass is 10.2. The molecule has 140 valence electrons. The molecule has 1 fully saturated rings. The SMILES string of the molecule is Cc1cc2cc(NC(=O)c3ccc([C@H]4CCCN4C(=O)CN)s3)ccc2o1. The number of carbonyl (C=O) groups excluding carboxylic acids is 2. The zero-order valence-corrected chi connectivity index (χ0v) is 15.8. The van der Waals surface area contributed by atoms with Crippen molar-refractivity contribution in [1.29, 1.82) is 0 Å². The maximum absolute atomic E-state index is 12.6. The first-order chi connectivity index (χ1) is 13.0. The minimum Gasteiger partial charge on any atom is -0.461 e. The van der Waals surface area contributed by atoms with E-state index in [0.29, 0.717) is 4.88 Å². The fraction of sp³-hybridized carbons (Fsp3) is 0.300. The second-order valence-corrected chi connectivity index (χ2v) is 7.83. The smallest absolute Gasteiger partial charge is 0.265 e. The second-order valence-electron chi connectivity index (χ2n) is 6.72. The van der Waals surface area contributed by atoms with Crippen molar-refractivity contribution < 1.29 is 14.0 Å². The highest BCUT2D eigenvalue weighted by molar-refractivity contribution is 7.14. The van der Waals surface area contributed by atoms with Crippen LogP contribution >= 0.6 is 11.3 Å². The molecule has 0 spiro atoms. The first-order valence-corrected chi connectivity index (χ1v) is 9.77. The number of likely N-dealkylation sites (tertiary alicyclic amines) is 1. The number of rotatable bonds is 4. The summed E-state index contributed by atoms with van der Waals surface area (Å²) in [5.74, 6) is 0.644. The predicted molar refractivity (Wildman–Crippen MR) is 106 cm³/mol. The molecule has 7 heteroatoms. The van der Waals surface area contributed by atoms with E-state index in [9.17, 15) is 9.59 Å². The van der Waals surface area contributed by atoms with Gasteiger partial charge in [-0.05, 0) is 56.2 Å². The summed E-state index contributed by atoms with van der Waals surface area (Å²) >= 11 is 1.43. The molecule has 2 amide bonds. The molecule has 1 aromatic carbocycles. The minimum absolute atomic E-state index is 0.0190. The first kappa shape index (κ1) is 17.8. The molecule has 0 radical (unpaired) electrons. The Morgan fingerprint density at radius 2 is 2.15 bits per heavy atom. The van der Waals surface area contributed by atoms with Gasteiger partial charge in [-0.15, -0.1) is 11.3 Å². The number of fused-ring (bicyclic) bond motifs is 1. The molecule has 4 rings (SSSR count). The Kier molecular flexibility index (Phi) is 4.72. The molecule has 0 saturated carbocycles. The molecule has 1 atom stereocenters. The normalized spacial score (nSPS) is 16.8. The van der Waals surface area contributed by atoms with Gasteiger partial charge in [0, 0.05) is 22.5 Å². The van der Waals surface area contributed by atoms with Gasteiger partial charge >= 0.3 is 0 Å². The maximum Gasteiger partial charge on any atom is 0.265 e. The molecule has 0 unspecified atom stereocenters. The quantitative estimate of drug-likeness (QED) is 0.719. The van der Waals surface area contributed by atoms with Gasteiger partial charge in [0.25, 0.3) is 5.91 Å². The first-order valence-electron chi connectivity index (χ1n) is 8.96. The molecule has 0 bridgehead atoms. The van der Waals surface area contributed by atoms with Crippen molar-refractivity contribution in [3.63, 3.8) is 0 Å². The van der Waals surface area contributed by atoms with Gasteiger partial charge in [0.15, 0.2) is 0 Å². The second kappa shape index (κ2) is 7.17. The van der Waals surface area contributed by atoms with E-state index >= 15 is 0 Å². The van der Waals surface area contributed by atoms with Crippen molar-refractivity contribution in [3.8, 4) is 0 Å². The van der Waals surface area contributed by atoms with Gasteiger partial charge in [0.2, 0.25) is 5.91 Å². The number of nitrogens with zero attached hydrogens (tertiary/aromatic N) is 1. The number of furan rings is 1. The van der Waals surface area contributed by atoms with Crippen LogP contribution in [-0.4, -0.2) is 29.8 Å². The zero-order chi connectivity index (χ0) is 19.0. The number of thiophene rings is 1. The molecule has 6 nitrogen and oxygen atoms in total. The van der Waals surface area contributed by atoms with Gasteiger partial charge in [0.05, 0.1) is 17.5 Å². The average Bonchev–Trinajstić information content (AvgIpc) is 3.38. The Hall–Kier alpha value is -2.64. The Labute approximate surface area is 160 Å². The number of benzene rings is 1. The van der Waals surface area contributed by atoms with Crippen LogP contribution in [0.4, 0.5) is 5.69 Å². The number of hydrogen-bond donors (Lipinski definition) is 2. The van der Waals surface area contributed by atoms with Crippen LogP contribution in [0.2, 0.25) is 0 Å². The summed E-state index contributed by atoms with van der Waals surface area (Å²) in [6.45, 7) is 2.64. The lowest BCUT2D eigenvalue weighted by molar-refractivity contribution is -0.130. The molecular weight excluding hydrogens is 362 g/mol. The van der Waals surface area contributed by atoms with Gasteiger partial charge in [-0.3, -0.25) is 9.59 Å². The average molecular weight is 383 g/mol. The van der Waals surface area contributed by atoms with Gasteiger partial charge in [-0.1, -0.05) is 0 Å². The third kappa shape index (κ3) is 3.48. The Balaban J connectivity index is 1.50. The molecule has 2 aromatic heterocycles.